The van der Waals surface area contributed by atoms with E-state index in [2.05, 4.69) is 11.3 Å². The highest BCUT2D eigenvalue weighted by Gasteiger charge is 2.27. The minimum Gasteiger partial charge on any atom is -0.230 e. The minimum absolute atomic E-state index is 0.0208. The predicted molar refractivity (Wildman–Crippen MR) is 33.4 cm³/mol. The quantitative estimate of drug-likeness (QED) is 0.429. The molecule has 1 rings (SSSR count). The summed E-state index contributed by atoms with van der Waals surface area (Å²) >= 11 is 0. The fourth-order valence-electron chi connectivity index (χ4n) is 0.529. The average molecular weight is 124 g/mol. The predicted octanol–water partition coefficient (Wildman–Crippen LogP) is 0.370. The molecule has 1 amide bonds. The number of carbonyl (C=O) groups excluding carboxylic acids is 1. The van der Waals surface area contributed by atoms with Gasteiger partial charge in [0.05, 0.1) is 20.2 Å². The number of aliphatic imine (C=N–C) groups is 1. The molecule has 0 aromatic rings. The molecule has 1 radical (unpaired) electrons. The first-order chi connectivity index (χ1) is 4.15. The van der Waals surface area contributed by atoms with Gasteiger partial charge in [-0.3, -0.25) is 0 Å². The Morgan fingerprint density at radius 3 is 2.67 bits per heavy atom. The highest BCUT2D eigenvalue weighted by Crippen LogP contribution is 2.06. The van der Waals surface area contributed by atoms with Crippen molar-refractivity contribution in [1.29, 1.82) is 0 Å². The van der Waals surface area contributed by atoms with Crippen molar-refractivity contribution in [3.8, 4) is 0 Å². The number of rotatable bonds is 0. The zero-order chi connectivity index (χ0) is 6.91. The van der Waals surface area contributed by atoms with Crippen LogP contribution in [0.1, 0.15) is 6.92 Å². The molecule has 0 saturated carbocycles. The SMILES string of the molecule is CC(=O)[N+]1(C)[C]=NC=C1. The Labute approximate surface area is 53.9 Å². The van der Waals surface area contributed by atoms with Gasteiger partial charge in [0, 0.05) is 0 Å². The maximum atomic E-state index is 10.8. The second kappa shape index (κ2) is 1.77. The first-order valence-corrected chi connectivity index (χ1v) is 2.67. The van der Waals surface area contributed by atoms with Crippen molar-refractivity contribution >= 4 is 12.2 Å². The van der Waals surface area contributed by atoms with E-state index in [1.807, 2.05) is 0 Å². The topological polar surface area (TPSA) is 29.4 Å². The van der Waals surface area contributed by atoms with Gasteiger partial charge in [-0.05, 0) is 0 Å². The van der Waals surface area contributed by atoms with Crippen molar-refractivity contribution in [3.63, 3.8) is 0 Å². The molecule has 0 N–H and O–H groups in total. The monoisotopic (exact) mass is 124 g/mol. The Hall–Kier alpha value is -0.960. The summed E-state index contributed by atoms with van der Waals surface area (Å²) in [6, 6.07) is 0. The van der Waals surface area contributed by atoms with Crippen LogP contribution < -0.4 is 0 Å². The summed E-state index contributed by atoms with van der Waals surface area (Å²) in [4.78, 5) is 14.4. The molecule has 0 bridgehead atoms. The van der Waals surface area contributed by atoms with Crippen LogP contribution >= 0.6 is 0 Å². The molecule has 1 unspecified atom stereocenters. The maximum absolute atomic E-state index is 10.8. The molecule has 9 heavy (non-hydrogen) atoms. The number of hydrogen-bond donors (Lipinski definition) is 0. The molecule has 3 nitrogen and oxygen atoms in total. The lowest BCUT2D eigenvalue weighted by Crippen LogP contribution is -2.39. The molecule has 0 fully saturated rings. The Kier molecular flexibility index (Phi) is 1.21. The molecule has 0 aromatic heterocycles. The molecular weight excluding hydrogens is 116 g/mol. The van der Waals surface area contributed by atoms with Crippen LogP contribution in [0.25, 0.3) is 0 Å². The average Bonchev–Trinajstić information content (AvgIpc) is 2.16. The molecule has 0 aliphatic carbocycles. The third kappa shape index (κ3) is 0.907. The number of hydrogen-bond acceptors (Lipinski definition) is 2. The highest BCUT2D eigenvalue weighted by molar-refractivity contribution is 5.76. The molecule has 0 spiro atoms. The summed E-state index contributed by atoms with van der Waals surface area (Å²) < 4.78 is 0.0694. The van der Waals surface area contributed by atoms with Crippen molar-refractivity contribution in [2.75, 3.05) is 7.05 Å². The Balaban J connectivity index is 2.88. The number of carbonyl (C=O) groups is 1. The maximum Gasteiger partial charge on any atom is 0.324 e. The summed E-state index contributed by atoms with van der Waals surface area (Å²) in [6.45, 7) is 1.51. The van der Waals surface area contributed by atoms with Gasteiger partial charge in [0.15, 0.2) is 0 Å². The molecule has 0 saturated heterocycles. The summed E-state index contributed by atoms with van der Waals surface area (Å²) in [7, 11) is 1.73. The van der Waals surface area contributed by atoms with Crippen LogP contribution in [-0.4, -0.2) is 23.8 Å². The molecule has 1 aliphatic heterocycles. The van der Waals surface area contributed by atoms with Crippen LogP contribution in [0.2, 0.25) is 0 Å². The van der Waals surface area contributed by atoms with E-state index in [0.29, 0.717) is 0 Å². The first-order valence-electron chi connectivity index (χ1n) is 2.67. The molecule has 1 heterocycles. The lowest BCUT2D eigenvalue weighted by molar-refractivity contribution is -0.672. The number of quaternary nitrogens is 1. The van der Waals surface area contributed by atoms with Crippen LogP contribution in [0, 0.1) is 0 Å². The van der Waals surface area contributed by atoms with Gasteiger partial charge in [0.2, 0.25) is 0 Å². The molecule has 0 aromatic carbocycles. The molecule has 1 aliphatic rings. The fourth-order valence-corrected chi connectivity index (χ4v) is 0.529. The van der Waals surface area contributed by atoms with Crippen LogP contribution in [0.5, 0.6) is 0 Å². The van der Waals surface area contributed by atoms with Gasteiger partial charge < -0.3 is 0 Å². The van der Waals surface area contributed by atoms with E-state index in [1.165, 1.54) is 6.92 Å². The zero-order valence-corrected chi connectivity index (χ0v) is 5.46. The largest absolute Gasteiger partial charge is 0.324 e. The van der Waals surface area contributed by atoms with Gasteiger partial charge in [0.25, 0.3) is 0 Å². The third-order valence-corrected chi connectivity index (χ3v) is 1.36. The van der Waals surface area contributed by atoms with E-state index < -0.39 is 0 Å². The minimum atomic E-state index is 0.0208. The van der Waals surface area contributed by atoms with E-state index in [-0.39, 0.29) is 10.4 Å². The summed E-state index contributed by atoms with van der Waals surface area (Å²) in [5.74, 6) is 0.0208. The van der Waals surface area contributed by atoms with Crippen molar-refractivity contribution < 1.29 is 9.28 Å². The van der Waals surface area contributed by atoms with E-state index in [4.69, 9.17) is 0 Å². The van der Waals surface area contributed by atoms with Gasteiger partial charge in [-0.1, -0.05) is 0 Å². The van der Waals surface area contributed by atoms with Crippen LogP contribution in [0.4, 0.5) is 0 Å². The van der Waals surface area contributed by atoms with Crippen LogP contribution in [0.3, 0.4) is 0 Å². The Morgan fingerprint density at radius 2 is 2.44 bits per heavy atom. The Morgan fingerprint density at radius 1 is 1.78 bits per heavy atom. The zero-order valence-electron chi connectivity index (χ0n) is 5.46. The standard InChI is InChI=1S/C6H8N2O/c1-6(9)8(2)4-3-7-5-8/h3-4H,1-2H3/q+1. The smallest absolute Gasteiger partial charge is 0.230 e. The van der Waals surface area contributed by atoms with Gasteiger partial charge in [0.1, 0.15) is 6.20 Å². The van der Waals surface area contributed by atoms with Gasteiger partial charge >= 0.3 is 12.2 Å². The molecule has 3 heteroatoms. The third-order valence-electron chi connectivity index (χ3n) is 1.36. The van der Waals surface area contributed by atoms with Crippen molar-refractivity contribution in [1.82, 2.24) is 0 Å². The van der Waals surface area contributed by atoms with Crippen LogP contribution in [0.15, 0.2) is 17.4 Å². The molecule has 1 atom stereocenters. The van der Waals surface area contributed by atoms with E-state index in [1.54, 1.807) is 19.4 Å². The van der Waals surface area contributed by atoms with E-state index in [9.17, 15) is 4.79 Å². The van der Waals surface area contributed by atoms with E-state index in [0.717, 1.165) is 0 Å². The highest BCUT2D eigenvalue weighted by atomic mass is 16.2. The first kappa shape index (κ1) is 6.16. The second-order valence-corrected chi connectivity index (χ2v) is 2.12. The number of nitrogens with zero attached hydrogens (tertiary/aromatic N) is 2. The summed E-state index contributed by atoms with van der Waals surface area (Å²) in [6.07, 6.45) is 5.89. The Bertz CT molecular complexity index is 181. The second-order valence-electron chi connectivity index (χ2n) is 2.12. The lowest BCUT2D eigenvalue weighted by Gasteiger charge is -2.13. The van der Waals surface area contributed by atoms with E-state index >= 15 is 0 Å². The van der Waals surface area contributed by atoms with Crippen LogP contribution in [-0.2, 0) is 4.79 Å². The summed E-state index contributed by atoms with van der Waals surface area (Å²) in [5.41, 5.74) is 0. The van der Waals surface area contributed by atoms with Crippen molar-refractivity contribution in [2.24, 2.45) is 4.99 Å². The number of amides is 1. The molecular formula is C6H8N2O+. The summed E-state index contributed by atoms with van der Waals surface area (Å²) in [5, 5.41) is 0. The fraction of sp³-hybridized carbons (Fsp3) is 0.333. The van der Waals surface area contributed by atoms with Crippen molar-refractivity contribution in [3.05, 3.63) is 12.4 Å². The van der Waals surface area contributed by atoms with Crippen molar-refractivity contribution in [2.45, 2.75) is 6.92 Å². The van der Waals surface area contributed by atoms with Gasteiger partial charge in [-0.25, -0.2) is 4.79 Å². The molecule has 47 valence electrons. The van der Waals surface area contributed by atoms with Gasteiger partial charge in [-0.2, -0.15) is 9.48 Å². The normalized spacial score (nSPS) is 31.3. The lowest BCUT2D eigenvalue weighted by atomic mass is 10.5. The van der Waals surface area contributed by atoms with Gasteiger partial charge in [-0.15, -0.1) is 0 Å².